The zero-order valence-corrected chi connectivity index (χ0v) is 6.80. The maximum atomic E-state index is 5.93. The van der Waals surface area contributed by atoms with Crippen LogP contribution in [0.25, 0.3) is 0 Å². The molecule has 0 radical (unpaired) electrons. The van der Waals surface area contributed by atoms with Gasteiger partial charge in [0.2, 0.25) is 0 Å². The van der Waals surface area contributed by atoms with Gasteiger partial charge in [0, 0.05) is 18.4 Å². The Kier molecular flexibility index (Phi) is 1.80. The second-order valence-corrected chi connectivity index (χ2v) is 3.10. The smallest absolute Gasteiger partial charge is 0.0637 e. The normalized spacial score (nSPS) is 22.8. The summed E-state index contributed by atoms with van der Waals surface area (Å²) >= 11 is 5.93. The third-order valence-corrected chi connectivity index (χ3v) is 2.32. The van der Waals surface area contributed by atoms with E-state index in [0.717, 1.165) is 11.6 Å². The van der Waals surface area contributed by atoms with Crippen molar-refractivity contribution in [3.8, 4) is 0 Å². The molecule has 58 valence electrons. The van der Waals surface area contributed by atoms with Crippen LogP contribution in [0.2, 0.25) is 5.02 Å². The zero-order valence-electron chi connectivity index (χ0n) is 6.05. The molecule has 3 heteroatoms. The van der Waals surface area contributed by atoms with E-state index in [0.29, 0.717) is 6.04 Å². The number of halogens is 1. The van der Waals surface area contributed by atoms with Crippen molar-refractivity contribution in [1.82, 2.24) is 10.3 Å². The third-order valence-electron chi connectivity index (χ3n) is 2.00. The first-order valence-electron chi connectivity index (χ1n) is 3.71. The van der Waals surface area contributed by atoms with E-state index in [2.05, 4.69) is 10.3 Å². The molecule has 1 aromatic heterocycles. The molecule has 0 saturated carbocycles. The molecule has 1 saturated heterocycles. The van der Waals surface area contributed by atoms with Crippen LogP contribution >= 0.6 is 11.6 Å². The Morgan fingerprint density at radius 3 is 3.00 bits per heavy atom. The minimum absolute atomic E-state index is 0.463. The van der Waals surface area contributed by atoms with Crippen LogP contribution in [-0.2, 0) is 0 Å². The quantitative estimate of drug-likeness (QED) is 0.692. The van der Waals surface area contributed by atoms with Crippen LogP contribution in [0, 0.1) is 0 Å². The highest BCUT2D eigenvalue weighted by molar-refractivity contribution is 6.31. The van der Waals surface area contributed by atoms with E-state index in [4.69, 9.17) is 11.6 Å². The molecule has 0 aliphatic carbocycles. The fourth-order valence-corrected chi connectivity index (χ4v) is 1.47. The fraction of sp³-hybridized carbons (Fsp3) is 0.375. The van der Waals surface area contributed by atoms with Crippen molar-refractivity contribution in [2.45, 2.75) is 12.5 Å². The lowest BCUT2D eigenvalue weighted by molar-refractivity contribution is 0.383. The van der Waals surface area contributed by atoms with Gasteiger partial charge in [0.15, 0.2) is 0 Å². The number of hydrogen-bond acceptors (Lipinski definition) is 2. The highest BCUT2D eigenvalue weighted by Gasteiger charge is 2.20. The molecule has 2 heterocycles. The number of rotatable bonds is 1. The molecule has 1 N–H and O–H groups in total. The Morgan fingerprint density at radius 2 is 2.45 bits per heavy atom. The fourth-order valence-electron chi connectivity index (χ4n) is 1.22. The van der Waals surface area contributed by atoms with Crippen LogP contribution in [0.5, 0.6) is 0 Å². The summed E-state index contributed by atoms with van der Waals surface area (Å²) in [5.74, 6) is 0. The maximum absolute atomic E-state index is 5.93. The van der Waals surface area contributed by atoms with Crippen LogP contribution in [0.1, 0.15) is 18.0 Å². The van der Waals surface area contributed by atoms with Gasteiger partial charge in [-0.25, -0.2) is 0 Å². The molecule has 1 atom stereocenters. The van der Waals surface area contributed by atoms with Crippen molar-refractivity contribution in [3.63, 3.8) is 0 Å². The summed E-state index contributed by atoms with van der Waals surface area (Å²) in [7, 11) is 0. The lowest BCUT2D eigenvalue weighted by Crippen LogP contribution is -2.35. The maximum Gasteiger partial charge on any atom is 0.0637 e. The van der Waals surface area contributed by atoms with E-state index in [1.54, 1.807) is 12.4 Å². The Morgan fingerprint density at radius 1 is 1.64 bits per heavy atom. The largest absolute Gasteiger partial charge is 0.310 e. The van der Waals surface area contributed by atoms with Crippen LogP contribution in [0.3, 0.4) is 0 Å². The number of nitrogens with one attached hydrogen (secondary N) is 1. The van der Waals surface area contributed by atoms with Crippen molar-refractivity contribution in [3.05, 3.63) is 29.0 Å². The molecule has 0 amide bonds. The first kappa shape index (κ1) is 7.07. The summed E-state index contributed by atoms with van der Waals surface area (Å²) in [6.45, 7) is 1.10. The van der Waals surface area contributed by atoms with Gasteiger partial charge < -0.3 is 5.32 Å². The van der Waals surface area contributed by atoms with Crippen molar-refractivity contribution < 1.29 is 0 Å². The van der Waals surface area contributed by atoms with E-state index < -0.39 is 0 Å². The first-order chi connectivity index (χ1) is 5.38. The van der Waals surface area contributed by atoms with Gasteiger partial charge in [-0.1, -0.05) is 11.6 Å². The van der Waals surface area contributed by atoms with Crippen LogP contribution in [-0.4, -0.2) is 11.5 Å². The van der Waals surface area contributed by atoms with Crippen molar-refractivity contribution in [2.24, 2.45) is 0 Å². The molecule has 0 unspecified atom stereocenters. The second kappa shape index (κ2) is 2.80. The van der Waals surface area contributed by atoms with Crippen molar-refractivity contribution >= 4 is 11.6 Å². The highest BCUT2D eigenvalue weighted by atomic mass is 35.5. The van der Waals surface area contributed by atoms with Crippen LogP contribution in [0.15, 0.2) is 18.5 Å². The summed E-state index contributed by atoms with van der Waals surface area (Å²) in [5.41, 5.74) is 1.17. The monoisotopic (exact) mass is 168 g/mol. The van der Waals surface area contributed by atoms with Gasteiger partial charge in [-0.05, 0) is 24.6 Å². The second-order valence-electron chi connectivity index (χ2n) is 2.69. The lowest BCUT2D eigenvalue weighted by Gasteiger charge is -2.28. The molecule has 1 aromatic rings. The van der Waals surface area contributed by atoms with Crippen molar-refractivity contribution in [2.75, 3.05) is 6.54 Å². The zero-order chi connectivity index (χ0) is 7.68. The van der Waals surface area contributed by atoms with Gasteiger partial charge in [0.05, 0.1) is 5.02 Å². The topological polar surface area (TPSA) is 24.9 Å². The van der Waals surface area contributed by atoms with Crippen LogP contribution in [0.4, 0.5) is 0 Å². The van der Waals surface area contributed by atoms with E-state index in [1.165, 1.54) is 12.0 Å². The molecular formula is C8H9ClN2. The molecule has 2 nitrogen and oxygen atoms in total. The molecule has 1 fully saturated rings. The molecule has 0 bridgehead atoms. The summed E-state index contributed by atoms with van der Waals surface area (Å²) in [4.78, 5) is 3.93. The van der Waals surface area contributed by atoms with E-state index in [9.17, 15) is 0 Å². The molecule has 0 aromatic carbocycles. The Balaban J connectivity index is 2.28. The molecule has 2 rings (SSSR count). The molecule has 0 spiro atoms. The van der Waals surface area contributed by atoms with E-state index >= 15 is 0 Å². The first-order valence-corrected chi connectivity index (χ1v) is 4.08. The van der Waals surface area contributed by atoms with Gasteiger partial charge >= 0.3 is 0 Å². The highest BCUT2D eigenvalue weighted by Crippen LogP contribution is 2.27. The Bertz CT molecular complexity index is 258. The molecule has 1 aliphatic rings. The SMILES string of the molecule is Clc1cnccc1[C@@H]1CCN1. The third kappa shape index (κ3) is 1.24. The van der Waals surface area contributed by atoms with Gasteiger partial charge in [0.25, 0.3) is 0 Å². The number of hydrogen-bond donors (Lipinski definition) is 1. The van der Waals surface area contributed by atoms with Gasteiger partial charge in [-0.3, -0.25) is 4.98 Å². The van der Waals surface area contributed by atoms with E-state index in [1.807, 2.05) is 6.07 Å². The lowest BCUT2D eigenvalue weighted by atomic mass is 9.99. The predicted octanol–water partition coefficient (Wildman–Crippen LogP) is 1.77. The molecule has 1 aliphatic heterocycles. The Labute approximate surface area is 70.6 Å². The minimum atomic E-state index is 0.463. The van der Waals surface area contributed by atoms with Gasteiger partial charge in [-0.2, -0.15) is 0 Å². The number of nitrogens with zero attached hydrogens (tertiary/aromatic N) is 1. The van der Waals surface area contributed by atoms with E-state index in [-0.39, 0.29) is 0 Å². The summed E-state index contributed by atoms with van der Waals surface area (Å²) < 4.78 is 0. The molecule has 11 heavy (non-hydrogen) atoms. The predicted molar refractivity (Wildman–Crippen MR) is 44.6 cm³/mol. The van der Waals surface area contributed by atoms with Gasteiger partial charge in [-0.15, -0.1) is 0 Å². The summed E-state index contributed by atoms with van der Waals surface area (Å²) in [5, 5.41) is 4.06. The van der Waals surface area contributed by atoms with Gasteiger partial charge in [0.1, 0.15) is 0 Å². The average molecular weight is 169 g/mol. The Hall–Kier alpha value is -0.600. The number of aromatic nitrogens is 1. The average Bonchev–Trinajstić information content (AvgIpc) is 1.90. The standard InChI is InChI=1S/C8H9ClN2/c9-7-5-10-3-1-6(7)8-2-4-11-8/h1,3,5,8,11H,2,4H2/t8-/m0/s1. The van der Waals surface area contributed by atoms with Crippen molar-refractivity contribution in [1.29, 1.82) is 0 Å². The van der Waals surface area contributed by atoms with Crippen LogP contribution < -0.4 is 5.32 Å². The summed E-state index contributed by atoms with van der Waals surface area (Å²) in [6.07, 6.45) is 4.65. The summed E-state index contributed by atoms with van der Waals surface area (Å²) in [6, 6.07) is 2.43. The number of pyridine rings is 1. The molecular weight excluding hydrogens is 160 g/mol. The minimum Gasteiger partial charge on any atom is -0.310 e.